The number of ketones is 1. The first-order chi connectivity index (χ1) is 5.58. The fourth-order valence-corrected chi connectivity index (χ4v) is 0.415. The Hall–Kier alpha value is -1.19. The molecule has 4 heteroatoms. The van der Waals surface area contributed by atoms with Crippen molar-refractivity contribution in [2.75, 3.05) is 7.05 Å². The van der Waals surface area contributed by atoms with Gasteiger partial charge < -0.3 is 14.9 Å². The van der Waals surface area contributed by atoms with Gasteiger partial charge >= 0.3 is 0 Å². The van der Waals surface area contributed by atoms with E-state index in [0.29, 0.717) is 12.8 Å². The minimum Gasteiger partial charge on any atom is -0.359 e. The molecule has 0 aliphatic rings. The lowest BCUT2D eigenvalue weighted by molar-refractivity contribution is -0.124. The highest BCUT2D eigenvalue weighted by atomic mass is 16.2. The molecule has 0 radical (unpaired) electrons. The van der Waals surface area contributed by atoms with Crippen molar-refractivity contribution in [3.05, 3.63) is 0 Å². The van der Waals surface area contributed by atoms with Gasteiger partial charge in [0.1, 0.15) is 12.1 Å². The van der Waals surface area contributed by atoms with E-state index in [1.165, 1.54) is 13.8 Å². The summed E-state index contributed by atoms with van der Waals surface area (Å²) < 4.78 is 0. The fraction of sp³-hybridized carbons (Fsp3) is 0.625. The van der Waals surface area contributed by atoms with Gasteiger partial charge in [0, 0.05) is 19.9 Å². The van der Waals surface area contributed by atoms with Gasteiger partial charge in [0.2, 0.25) is 5.91 Å². The largest absolute Gasteiger partial charge is 0.359 e. The molecule has 0 aliphatic carbocycles. The van der Waals surface area contributed by atoms with E-state index >= 15 is 0 Å². The van der Waals surface area contributed by atoms with E-state index in [-0.39, 0.29) is 11.7 Å². The zero-order valence-corrected chi connectivity index (χ0v) is 7.72. The molecule has 0 unspecified atom stereocenters. The van der Waals surface area contributed by atoms with Crippen molar-refractivity contribution in [3.8, 4) is 0 Å². The lowest BCUT2D eigenvalue weighted by atomic mass is 10.2. The average molecular weight is 173 g/mol. The molecule has 0 aromatic rings. The van der Waals surface area contributed by atoms with E-state index in [0.717, 1.165) is 6.29 Å². The van der Waals surface area contributed by atoms with Crippen LogP contribution in [0.5, 0.6) is 0 Å². The van der Waals surface area contributed by atoms with Crippen LogP contribution in [0.1, 0.15) is 26.7 Å². The molecule has 70 valence electrons. The van der Waals surface area contributed by atoms with Crippen LogP contribution >= 0.6 is 0 Å². The lowest BCUT2D eigenvalue weighted by Crippen LogP contribution is -2.17. The average Bonchev–Trinajstić information content (AvgIpc) is 2.01. The quantitative estimate of drug-likeness (QED) is 0.624. The molecule has 0 bridgehead atoms. The summed E-state index contributed by atoms with van der Waals surface area (Å²) in [6.07, 6.45) is 1.41. The number of amides is 1. The standard InChI is InChI=1S/C6H11NO2.C2H4O/c1-5(8)3-4-6(9)7-2;1-2-3/h3-4H2,1-2H3,(H,7,9);2H,1H3. The summed E-state index contributed by atoms with van der Waals surface area (Å²) in [5.41, 5.74) is 0. The molecule has 0 aromatic carbocycles. The van der Waals surface area contributed by atoms with Gasteiger partial charge in [-0.2, -0.15) is 0 Å². The maximum Gasteiger partial charge on any atom is 0.220 e. The minimum atomic E-state index is -0.0785. The third kappa shape index (κ3) is 15.9. The van der Waals surface area contributed by atoms with Crippen molar-refractivity contribution >= 4 is 18.0 Å². The summed E-state index contributed by atoms with van der Waals surface area (Å²) in [7, 11) is 1.56. The van der Waals surface area contributed by atoms with Gasteiger partial charge in [0.05, 0.1) is 0 Å². The summed E-state index contributed by atoms with van der Waals surface area (Å²) in [4.78, 5) is 29.5. The van der Waals surface area contributed by atoms with Crippen molar-refractivity contribution in [3.63, 3.8) is 0 Å². The molecule has 4 nitrogen and oxygen atoms in total. The summed E-state index contributed by atoms with van der Waals surface area (Å²) in [6.45, 7) is 2.92. The van der Waals surface area contributed by atoms with E-state index in [9.17, 15) is 9.59 Å². The first-order valence-corrected chi connectivity index (χ1v) is 3.68. The highest BCUT2D eigenvalue weighted by Crippen LogP contribution is 1.88. The van der Waals surface area contributed by atoms with E-state index in [4.69, 9.17) is 4.79 Å². The third-order valence-corrected chi connectivity index (χ3v) is 0.983. The number of hydrogen-bond acceptors (Lipinski definition) is 3. The van der Waals surface area contributed by atoms with Gasteiger partial charge in [-0.05, 0) is 13.8 Å². The van der Waals surface area contributed by atoms with Gasteiger partial charge in [0.25, 0.3) is 0 Å². The Bertz CT molecular complexity index is 154. The Morgan fingerprint density at radius 3 is 2.00 bits per heavy atom. The first-order valence-electron chi connectivity index (χ1n) is 3.68. The number of aldehydes is 1. The molecule has 0 saturated carbocycles. The van der Waals surface area contributed by atoms with Crippen molar-refractivity contribution in [1.29, 1.82) is 0 Å². The molecule has 0 heterocycles. The zero-order valence-electron chi connectivity index (χ0n) is 7.72. The molecule has 1 amide bonds. The van der Waals surface area contributed by atoms with Gasteiger partial charge in [-0.15, -0.1) is 0 Å². The zero-order chi connectivity index (χ0) is 9.98. The van der Waals surface area contributed by atoms with Crippen LogP contribution in [0, 0.1) is 0 Å². The normalized spacial score (nSPS) is 7.58. The van der Waals surface area contributed by atoms with E-state index in [1.807, 2.05) is 0 Å². The number of carbonyl (C=O) groups excluding carboxylic acids is 3. The Kier molecular flexibility index (Phi) is 11.0. The van der Waals surface area contributed by atoms with Gasteiger partial charge in [0.15, 0.2) is 0 Å². The van der Waals surface area contributed by atoms with Crippen LogP contribution in [-0.2, 0) is 14.4 Å². The van der Waals surface area contributed by atoms with Crippen LogP contribution < -0.4 is 5.32 Å². The predicted molar refractivity (Wildman–Crippen MR) is 45.7 cm³/mol. The molecular formula is C8H15NO3. The Labute approximate surface area is 72.3 Å². The molecule has 0 rings (SSSR count). The summed E-state index contributed by atoms with van der Waals surface area (Å²) in [5.74, 6) is -0.0243. The second-order valence-corrected chi connectivity index (χ2v) is 2.11. The van der Waals surface area contributed by atoms with E-state index in [1.54, 1.807) is 7.05 Å². The van der Waals surface area contributed by atoms with Crippen molar-refractivity contribution in [2.45, 2.75) is 26.7 Å². The van der Waals surface area contributed by atoms with Crippen molar-refractivity contribution < 1.29 is 14.4 Å². The second kappa shape index (κ2) is 9.81. The fourth-order valence-electron chi connectivity index (χ4n) is 0.415. The molecule has 0 aromatic heterocycles. The van der Waals surface area contributed by atoms with Crippen molar-refractivity contribution in [2.24, 2.45) is 0 Å². The topological polar surface area (TPSA) is 63.2 Å². The molecule has 0 atom stereocenters. The predicted octanol–water partition coefficient (Wildman–Crippen LogP) is 0.307. The molecule has 0 aliphatic heterocycles. The number of nitrogens with one attached hydrogen (secondary N) is 1. The lowest BCUT2D eigenvalue weighted by Gasteiger charge is -1.93. The van der Waals surface area contributed by atoms with Crippen LogP contribution in [-0.4, -0.2) is 25.0 Å². The Morgan fingerprint density at radius 1 is 1.33 bits per heavy atom. The Morgan fingerprint density at radius 2 is 1.75 bits per heavy atom. The van der Waals surface area contributed by atoms with E-state index < -0.39 is 0 Å². The highest BCUT2D eigenvalue weighted by Gasteiger charge is 1.98. The van der Waals surface area contributed by atoms with Crippen LogP contribution in [0.2, 0.25) is 0 Å². The van der Waals surface area contributed by atoms with Gasteiger partial charge in [-0.3, -0.25) is 4.79 Å². The number of hydrogen-bond donors (Lipinski definition) is 1. The first kappa shape index (κ1) is 13.4. The van der Waals surface area contributed by atoms with Crippen LogP contribution in [0.3, 0.4) is 0 Å². The number of carbonyl (C=O) groups is 3. The second-order valence-electron chi connectivity index (χ2n) is 2.11. The summed E-state index contributed by atoms with van der Waals surface area (Å²) in [5, 5.41) is 2.43. The number of rotatable bonds is 3. The summed E-state index contributed by atoms with van der Waals surface area (Å²) >= 11 is 0. The highest BCUT2D eigenvalue weighted by molar-refractivity contribution is 5.83. The van der Waals surface area contributed by atoms with Gasteiger partial charge in [-0.1, -0.05) is 0 Å². The maximum absolute atomic E-state index is 10.5. The minimum absolute atomic E-state index is 0.0543. The monoisotopic (exact) mass is 173 g/mol. The van der Waals surface area contributed by atoms with Crippen molar-refractivity contribution in [1.82, 2.24) is 5.32 Å². The molecular weight excluding hydrogens is 158 g/mol. The smallest absolute Gasteiger partial charge is 0.220 e. The molecule has 0 saturated heterocycles. The number of Topliss-reactive ketones (excluding diaryl/α,β-unsaturated/α-hetero) is 1. The third-order valence-electron chi connectivity index (χ3n) is 0.983. The Balaban J connectivity index is 0. The van der Waals surface area contributed by atoms with Crippen LogP contribution in [0.15, 0.2) is 0 Å². The van der Waals surface area contributed by atoms with Gasteiger partial charge in [-0.25, -0.2) is 0 Å². The molecule has 12 heavy (non-hydrogen) atoms. The van der Waals surface area contributed by atoms with Crippen LogP contribution in [0.4, 0.5) is 0 Å². The molecule has 0 fully saturated rings. The van der Waals surface area contributed by atoms with E-state index in [2.05, 4.69) is 5.32 Å². The van der Waals surface area contributed by atoms with Crippen LogP contribution in [0.25, 0.3) is 0 Å². The maximum atomic E-state index is 10.5. The SMILES string of the molecule is CC=O.CNC(=O)CCC(C)=O. The molecule has 0 spiro atoms. The molecule has 1 N–H and O–H groups in total. The summed E-state index contributed by atoms with van der Waals surface area (Å²) in [6, 6.07) is 0.